The Labute approximate surface area is 96.6 Å². The lowest BCUT2D eigenvalue weighted by Crippen LogP contribution is -2.05. The number of nitrogens with one attached hydrogen (secondary N) is 2. The van der Waals surface area contributed by atoms with Crippen LogP contribution in [0.4, 0.5) is 5.69 Å². The van der Waals surface area contributed by atoms with Crippen LogP contribution in [0.1, 0.15) is 18.9 Å². The summed E-state index contributed by atoms with van der Waals surface area (Å²) < 4.78 is 0. The van der Waals surface area contributed by atoms with Crippen molar-refractivity contribution in [3.8, 4) is 0 Å². The van der Waals surface area contributed by atoms with Crippen molar-refractivity contribution in [3.05, 3.63) is 35.9 Å². The summed E-state index contributed by atoms with van der Waals surface area (Å²) in [4.78, 5) is 10.8. The third-order valence-electron chi connectivity index (χ3n) is 2.10. The molecule has 0 saturated carbocycles. The van der Waals surface area contributed by atoms with Crippen molar-refractivity contribution in [1.29, 1.82) is 0 Å². The van der Waals surface area contributed by atoms with E-state index < -0.39 is 0 Å². The topological polar surface area (TPSA) is 41.1 Å². The molecule has 3 nitrogen and oxygen atoms in total. The van der Waals surface area contributed by atoms with E-state index in [0.29, 0.717) is 0 Å². The molecule has 0 unspecified atom stereocenters. The van der Waals surface area contributed by atoms with Gasteiger partial charge in [0, 0.05) is 12.6 Å². The van der Waals surface area contributed by atoms with E-state index in [0.717, 1.165) is 24.2 Å². The van der Waals surface area contributed by atoms with Gasteiger partial charge in [0.25, 0.3) is 0 Å². The fourth-order valence-electron chi connectivity index (χ4n) is 1.33. The predicted octanol–water partition coefficient (Wildman–Crippen LogP) is 2.27. The van der Waals surface area contributed by atoms with Gasteiger partial charge in [-0.2, -0.15) is 0 Å². The Balaban J connectivity index is 2.50. The first-order valence-corrected chi connectivity index (χ1v) is 5.41. The summed E-state index contributed by atoms with van der Waals surface area (Å²) >= 11 is 0. The van der Waals surface area contributed by atoms with Gasteiger partial charge in [-0.3, -0.25) is 4.79 Å². The number of hydrogen-bond donors (Lipinski definition) is 2. The SMILES string of the molecule is CNCCC=Cc1ccc(NC(C)=O)cc1. The largest absolute Gasteiger partial charge is 0.326 e. The van der Waals surface area contributed by atoms with Gasteiger partial charge in [0.05, 0.1) is 0 Å². The van der Waals surface area contributed by atoms with E-state index in [9.17, 15) is 4.79 Å². The number of hydrogen-bond acceptors (Lipinski definition) is 2. The van der Waals surface area contributed by atoms with Crippen LogP contribution in [-0.4, -0.2) is 19.5 Å². The zero-order chi connectivity index (χ0) is 11.8. The van der Waals surface area contributed by atoms with Crippen LogP contribution in [0.2, 0.25) is 0 Å². The maximum absolute atomic E-state index is 10.8. The average Bonchev–Trinajstić information content (AvgIpc) is 2.26. The van der Waals surface area contributed by atoms with Crippen molar-refractivity contribution in [2.75, 3.05) is 18.9 Å². The minimum atomic E-state index is -0.0442. The number of benzene rings is 1. The average molecular weight is 218 g/mol. The van der Waals surface area contributed by atoms with Crippen LogP contribution in [0.15, 0.2) is 30.3 Å². The monoisotopic (exact) mass is 218 g/mol. The minimum Gasteiger partial charge on any atom is -0.326 e. The van der Waals surface area contributed by atoms with Crippen LogP contribution in [-0.2, 0) is 4.79 Å². The Hall–Kier alpha value is -1.61. The maximum Gasteiger partial charge on any atom is 0.221 e. The van der Waals surface area contributed by atoms with Crippen LogP contribution < -0.4 is 10.6 Å². The molecule has 0 aliphatic heterocycles. The molecule has 0 spiro atoms. The summed E-state index contributed by atoms with van der Waals surface area (Å²) in [5.74, 6) is -0.0442. The van der Waals surface area contributed by atoms with E-state index in [4.69, 9.17) is 0 Å². The first-order chi connectivity index (χ1) is 7.72. The molecule has 1 aromatic rings. The van der Waals surface area contributed by atoms with Gasteiger partial charge < -0.3 is 10.6 Å². The molecular weight excluding hydrogens is 200 g/mol. The second-order valence-corrected chi connectivity index (χ2v) is 3.60. The van der Waals surface area contributed by atoms with Crippen LogP contribution >= 0.6 is 0 Å². The number of amides is 1. The Kier molecular flexibility index (Phi) is 5.29. The van der Waals surface area contributed by atoms with E-state index in [1.807, 2.05) is 31.3 Å². The molecule has 0 aromatic heterocycles. The maximum atomic E-state index is 10.8. The normalized spacial score (nSPS) is 10.6. The Morgan fingerprint density at radius 3 is 2.56 bits per heavy atom. The first kappa shape index (κ1) is 12.5. The molecule has 2 N–H and O–H groups in total. The summed E-state index contributed by atoms with van der Waals surface area (Å²) in [5.41, 5.74) is 1.98. The molecule has 1 aromatic carbocycles. The predicted molar refractivity (Wildman–Crippen MR) is 68.3 cm³/mol. The highest BCUT2D eigenvalue weighted by Gasteiger charge is 1.93. The standard InChI is InChI=1S/C13H18N2O/c1-11(16)15-13-8-6-12(7-9-13)5-3-4-10-14-2/h3,5-9,14H,4,10H2,1-2H3,(H,15,16). The molecular formula is C13H18N2O. The summed E-state index contributed by atoms with van der Waals surface area (Å²) in [6.07, 6.45) is 5.22. The molecule has 16 heavy (non-hydrogen) atoms. The van der Waals surface area contributed by atoms with E-state index >= 15 is 0 Å². The number of rotatable bonds is 5. The zero-order valence-electron chi connectivity index (χ0n) is 9.79. The van der Waals surface area contributed by atoms with Gasteiger partial charge in [-0.25, -0.2) is 0 Å². The van der Waals surface area contributed by atoms with Crippen molar-refractivity contribution in [3.63, 3.8) is 0 Å². The fourth-order valence-corrected chi connectivity index (χ4v) is 1.33. The number of carbonyl (C=O) groups is 1. The van der Waals surface area contributed by atoms with Crippen LogP contribution in [0.5, 0.6) is 0 Å². The van der Waals surface area contributed by atoms with E-state index in [1.165, 1.54) is 6.92 Å². The lowest BCUT2D eigenvalue weighted by atomic mass is 10.2. The van der Waals surface area contributed by atoms with Gasteiger partial charge in [0.15, 0.2) is 0 Å². The van der Waals surface area contributed by atoms with E-state index in [-0.39, 0.29) is 5.91 Å². The second-order valence-electron chi connectivity index (χ2n) is 3.60. The quantitative estimate of drug-likeness (QED) is 0.744. The van der Waals surface area contributed by atoms with Crippen molar-refractivity contribution < 1.29 is 4.79 Å². The van der Waals surface area contributed by atoms with E-state index in [1.54, 1.807) is 0 Å². The summed E-state index contributed by atoms with van der Waals surface area (Å²) in [5, 5.41) is 5.82. The van der Waals surface area contributed by atoms with Gasteiger partial charge in [-0.15, -0.1) is 0 Å². The molecule has 0 aliphatic rings. The zero-order valence-corrected chi connectivity index (χ0v) is 9.79. The molecule has 0 aliphatic carbocycles. The molecule has 86 valence electrons. The van der Waals surface area contributed by atoms with Crippen molar-refractivity contribution in [1.82, 2.24) is 5.32 Å². The molecule has 0 bridgehead atoms. The summed E-state index contributed by atoms with van der Waals surface area (Å²) in [6.45, 7) is 2.49. The smallest absolute Gasteiger partial charge is 0.221 e. The highest BCUT2D eigenvalue weighted by Crippen LogP contribution is 2.10. The molecule has 1 amide bonds. The fraction of sp³-hybridized carbons (Fsp3) is 0.308. The Morgan fingerprint density at radius 1 is 1.31 bits per heavy atom. The Bertz CT molecular complexity index is 355. The molecule has 0 saturated heterocycles. The molecule has 0 radical (unpaired) electrons. The van der Waals surface area contributed by atoms with Gasteiger partial charge >= 0.3 is 0 Å². The van der Waals surface area contributed by atoms with Gasteiger partial charge in [-0.1, -0.05) is 24.3 Å². The molecule has 1 rings (SSSR count). The minimum absolute atomic E-state index is 0.0442. The van der Waals surface area contributed by atoms with Gasteiger partial charge in [-0.05, 0) is 37.7 Å². The first-order valence-electron chi connectivity index (χ1n) is 5.41. The van der Waals surface area contributed by atoms with Crippen LogP contribution in [0.25, 0.3) is 6.08 Å². The third-order valence-corrected chi connectivity index (χ3v) is 2.10. The lowest BCUT2D eigenvalue weighted by Gasteiger charge is -2.01. The second kappa shape index (κ2) is 6.80. The van der Waals surface area contributed by atoms with Crippen LogP contribution in [0.3, 0.4) is 0 Å². The number of anilines is 1. The molecule has 0 heterocycles. The molecule has 3 heteroatoms. The van der Waals surface area contributed by atoms with Crippen molar-refractivity contribution >= 4 is 17.7 Å². The lowest BCUT2D eigenvalue weighted by molar-refractivity contribution is -0.114. The summed E-state index contributed by atoms with van der Waals surface area (Å²) in [7, 11) is 1.94. The van der Waals surface area contributed by atoms with Gasteiger partial charge in [0.1, 0.15) is 0 Å². The highest BCUT2D eigenvalue weighted by molar-refractivity contribution is 5.88. The van der Waals surface area contributed by atoms with Crippen molar-refractivity contribution in [2.45, 2.75) is 13.3 Å². The molecule has 0 atom stereocenters. The van der Waals surface area contributed by atoms with Crippen LogP contribution in [0, 0.1) is 0 Å². The summed E-state index contributed by atoms with van der Waals surface area (Å²) in [6, 6.07) is 7.78. The molecule has 0 fully saturated rings. The third kappa shape index (κ3) is 4.75. The number of carbonyl (C=O) groups excluding carboxylic acids is 1. The highest BCUT2D eigenvalue weighted by atomic mass is 16.1. The van der Waals surface area contributed by atoms with Gasteiger partial charge in [0.2, 0.25) is 5.91 Å². The van der Waals surface area contributed by atoms with Crippen molar-refractivity contribution in [2.24, 2.45) is 0 Å². The van der Waals surface area contributed by atoms with E-state index in [2.05, 4.69) is 22.8 Å². The Morgan fingerprint density at radius 2 is 2.00 bits per heavy atom.